The van der Waals surface area contributed by atoms with E-state index in [1.54, 1.807) is 0 Å². The van der Waals surface area contributed by atoms with Gasteiger partial charge in [0.05, 0.1) is 0 Å². The molecule has 1 aromatic heterocycles. The molecule has 5 rings (SSSR count). The van der Waals surface area contributed by atoms with Crippen molar-refractivity contribution in [2.45, 2.75) is 20.0 Å². The van der Waals surface area contributed by atoms with E-state index in [2.05, 4.69) is 21.7 Å². The highest BCUT2D eigenvalue weighted by Gasteiger charge is 2.21. The molecule has 2 aliphatic heterocycles. The van der Waals surface area contributed by atoms with Gasteiger partial charge in [0.2, 0.25) is 0 Å². The number of carbonyl (C=O) groups is 2. The lowest BCUT2D eigenvalue weighted by Gasteiger charge is -2.10. The number of nitrogens with one attached hydrogen (secondary N) is 2. The van der Waals surface area contributed by atoms with Gasteiger partial charge in [-0.05, 0) is 47.4 Å². The smallest absolute Gasteiger partial charge is 0.251 e. The Morgan fingerprint density at radius 3 is 1.96 bits per heavy atom. The van der Waals surface area contributed by atoms with Crippen molar-refractivity contribution < 1.29 is 9.59 Å². The first kappa shape index (κ1) is 15.8. The van der Waals surface area contributed by atoms with E-state index in [0.717, 1.165) is 50.2 Å². The second kappa shape index (κ2) is 5.77. The lowest BCUT2D eigenvalue weighted by atomic mass is 9.95. The number of pyridine rings is 1. The summed E-state index contributed by atoms with van der Waals surface area (Å²) in [5.74, 6) is -0.0602. The third kappa shape index (κ3) is 2.51. The zero-order chi connectivity index (χ0) is 18.5. The van der Waals surface area contributed by atoms with Crippen molar-refractivity contribution in [2.24, 2.45) is 0 Å². The second-order valence-corrected chi connectivity index (χ2v) is 6.97. The summed E-state index contributed by atoms with van der Waals surface area (Å²) in [7, 11) is 0. The third-order valence-corrected chi connectivity index (χ3v) is 5.32. The van der Waals surface area contributed by atoms with Crippen molar-refractivity contribution in [2.75, 3.05) is 0 Å². The SMILES string of the molecule is Cc1ncc(-c2ccc3c(c2)C(=O)NC3)cc1-c1ccc2c(c1)C(=O)NC2. The first-order valence-electron chi connectivity index (χ1n) is 8.90. The van der Waals surface area contributed by atoms with Crippen LogP contribution >= 0.6 is 0 Å². The summed E-state index contributed by atoms with van der Waals surface area (Å²) in [6.07, 6.45) is 1.83. The van der Waals surface area contributed by atoms with Crippen LogP contribution in [0, 0.1) is 6.92 Å². The summed E-state index contributed by atoms with van der Waals surface area (Å²) < 4.78 is 0. The van der Waals surface area contributed by atoms with Gasteiger partial charge in [-0.25, -0.2) is 0 Å². The molecule has 5 heteroatoms. The molecule has 2 aliphatic rings. The van der Waals surface area contributed by atoms with Crippen LogP contribution in [0.4, 0.5) is 0 Å². The predicted molar refractivity (Wildman–Crippen MR) is 102 cm³/mol. The Morgan fingerprint density at radius 1 is 0.741 bits per heavy atom. The van der Waals surface area contributed by atoms with Gasteiger partial charge >= 0.3 is 0 Å². The summed E-state index contributed by atoms with van der Waals surface area (Å²) in [4.78, 5) is 28.5. The van der Waals surface area contributed by atoms with Crippen LogP contribution < -0.4 is 10.6 Å². The van der Waals surface area contributed by atoms with Crippen LogP contribution in [0.3, 0.4) is 0 Å². The molecule has 0 spiro atoms. The zero-order valence-corrected chi connectivity index (χ0v) is 14.8. The Kier molecular flexibility index (Phi) is 3.37. The third-order valence-electron chi connectivity index (χ3n) is 5.32. The van der Waals surface area contributed by atoms with Crippen molar-refractivity contribution in [3.05, 3.63) is 76.6 Å². The molecule has 132 valence electrons. The maximum absolute atomic E-state index is 12.0. The molecular formula is C22H17N3O2. The predicted octanol–water partition coefficient (Wildman–Crippen LogP) is 3.21. The summed E-state index contributed by atoms with van der Waals surface area (Å²) in [6, 6.07) is 14.0. The molecule has 3 heterocycles. The molecule has 27 heavy (non-hydrogen) atoms. The number of benzene rings is 2. The molecule has 3 aromatic rings. The second-order valence-electron chi connectivity index (χ2n) is 6.97. The first-order valence-corrected chi connectivity index (χ1v) is 8.90. The van der Waals surface area contributed by atoms with Crippen LogP contribution in [0.1, 0.15) is 37.5 Å². The molecule has 2 aromatic carbocycles. The maximum atomic E-state index is 12.0. The highest BCUT2D eigenvalue weighted by Crippen LogP contribution is 2.31. The van der Waals surface area contributed by atoms with Crippen LogP contribution in [0.15, 0.2) is 48.7 Å². The molecule has 2 amide bonds. The van der Waals surface area contributed by atoms with Crippen LogP contribution in [0.25, 0.3) is 22.3 Å². The minimum Gasteiger partial charge on any atom is -0.348 e. The Balaban J connectivity index is 1.60. The van der Waals surface area contributed by atoms with E-state index in [9.17, 15) is 9.59 Å². The van der Waals surface area contributed by atoms with Crippen molar-refractivity contribution >= 4 is 11.8 Å². The maximum Gasteiger partial charge on any atom is 0.251 e. The van der Waals surface area contributed by atoms with Crippen LogP contribution in [0.5, 0.6) is 0 Å². The molecule has 0 radical (unpaired) electrons. The number of hydrogen-bond donors (Lipinski definition) is 2. The van der Waals surface area contributed by atoms with E-state index in [1.807, 2.05) is 49.5 Å². The molecule has 0 saturated heterocycles. The zero-order valence-electron chi connectivity index (χ0n) is 14.8. The van der Waals surface area contributed by atoms with Crippen LogP contribution in [-0.4, -0.2) is 16.8 Å². The number of aromatic nitrogens is 1. The highest BCUT2D eigenvalue weighted by molar-refractivity contribution is 6.00. The van der Waals surface area contributed by atoms with E-state index in [0.29, 0.717) is 13.1 Å². The largest absolute Gasteiger partial charge is 0.348 e. The summed E-state index contributed by atoms with van der Waals surface area (Å²) in [5.41, 5.74) is 8.26. The fourth-order valence-corrected chi connectivity index (χ4v) is 3.76. The fourth-order valence-electron chi connectivity index (χ4n) is 3.76. The van der Waals surface area contributed by atoms with Gasteiger partial charge in [-0.3, -0.25) is 14.6 Å². The van der Waals surface area contributed by atoms with Gasteiger partial charge in [0.25, 0.3) is 11.8 Å². The molecular weight excluding hydrogens is 338 g/mol. The Hall–Kier alpha value is -3.47. The molecule has 0 aliphatic carbocycles. The number of hydrogen-bond acceptors (Lipinski definition) is 3. The van der Waals surface area contributed by atoms with Crippen molar-refractivity contribution in [3.8, 4) is 22.3 Å². The molecule has 0 atom stereocenters. The minimum atomic E-state index is -0.0308. The minimum absolute atomic E-state index is 0.0294. The van der Waals surface area contributed by atoms with E-state index < -0.39 is 0 Å². The van der Waals surface area contributed by atoms with Gasteiger partial charge in [-0.15, -0.1) is 0 Å². The van der Waals surface area contributed by atoms with E-state index in [4.69, 9.17) is 0 Å². The van der Waals surface area contributed by atoms with E-state index in [1.165, 1.54) is 0 Å². The number of aryl methyl sites for hydroxylation is 1. The molecule has 0 bridgehead atoms. The number of nitrogens with zero attached hydrogens (tertiary/aromatic N) is 1. The fraction of sp³-hybridized carbons (Fsp3) is 0.136. The lowest BCUT2D eigenvalue weighted by Crippen LogP contribution is -2.12. The van der Waals surface area contributed by atoms with Crippen molar-refractivity contribution in [1.82, 2.24) is 15.6 Å². The van der Waals surface area contributed by atoms with Gasteiger partial charge in [-0.2, -0.15) is 0 Å². The molecule has 0 unspecified atom stereocenters. The average Bonchev–Trinajstić information content (AvgIpc) is 3.25. The Labute approximate surface area is 156 Å². The van der Waals surface area contributed by atoms with Gasteiger partial charge < -0.3 is 10.6 Å². The van der Waals surface area contributed by atoms with Gasteiger partial charge in [0.1, 0.15) is 0 Å². The van der Waals surface area contributed by atoms with E-state index in [-0.39, 0.29) is 11.8 Å². The number of carbonyl (C=O) groups excluding carboxylic acids is 2. The van der Waals surface area contributed by atoms with Gasteiger partial charge in [0.15, 0.2) is 0 Å². The van der Waals surface area contributed by atoms with Gasteiger partial charge in [0, 0.05) is 47.2 Å². The van der Waals surface area contributed by atoms with E-state index >= 15 is 0 Å². The van der Waals surface area contributed by atoms with Crippen LogP contribution in [0.2, 0.25) is 0 Å². The highest BCUT2D eigenvalue weighted by atomic mass is 16.2. The number of amides is 2. The monoisotopic (exact) mass is 355 g/mol. The number of fused-ring (bicyclic) bond motifs is 2. The lowest BCUT2D eigenvalue weighted by molar-refractivity contribution is 0.0957. The molecule has 2 N–H and O–H groups in total. The van der Waals surface area contributed by atoms with Crippen molar-refractivity contribution in [3.63, 3.8) is 0 Å². The quantitative estimate of drug-likeness (QED) is 0.741. The Morgan fingerprint density at radius 2 is 1.30 bits per heavy atom. The molecule has 0 saturated carbocycles. The number of rotatable bonds is 2. The summed E-state index contributed by atoms with van der Waals surface area (Å²) in [5, 5.41) is 5.70. The summed E-state index contributed by atoms with van der Waals surface area (Å²) >= 11 is 0. The summed E-state index contributed by atoms with van der Waals surface area (Å²) in [6.45, 7) is 3.13. The van der Waals surface area contributed by atoms with Gasteiger partial charge in [-0.1, -0.05) is 24.3 Å². The molecule has 0 fully saturated rings. The molecule has 5 nitrogen and oxygen atoms in total. The van der Waals surface area contributed by atoms with Crippen molar-refractivity contribution in [1.29, 1.82) is 0 Å². The first-order chi connectivity index (χ1) is 13.1. The average molecular weight is 355 g/mol. The topological polar surface area (TPSA) is 71.1 Å². The Bertz CT molecular complexity index is 1130. The van der Waals surface area contributed by atoms with Crippen LogP contribution in [-0.2, 0) is 13.1 Å². The standard InChI is InChI=1S/C22H17N3O2/c1-12-18(14-3-5-16-10-25-22(27)20(16)7-14)8-17(11-23-12)13-2-4-15-9-24-21(26)19(15)6-13/h2-8,11H,9-10H2,1H3,(H,24,26)(H,25,27). The normalized spacial score (nSPS) is 14.6.